The topological polar surface area (TPSA) is 38.8 Å². The Morgan fingerprint density at radius 3 is 1.65 bits per heavy atom. The fourth-order valence-corrected chi connectivity index (χ4v) is 3.03. The number of hydrogen-bond donors (Lipinski definition) is 0. The Morgan fingerprint density at radius 2 is 1.41 bits per heavy atom. The summed E-state index contributed by atoms with van der Waals surface area (Å²) in [6.45, 7) is 0.643. The smallest absolute Gasteiger partial charge is 0.295 e. The van der Waals surface area contributed by atoms with E-state index in [1.54, 1.807) is 14.1 Å². The quantitative estimate of drug-likeness (QED) is 0.338. The van der Waals surface area contributed by atoms with Gasteiger partial charge in [-0.25, -0.2) is 9.24 Å². The minimum absolute atomic E-state index is 0.107. The zero-order chi connectivity index (χ0) is 13.5. The fraction of sp³-hybridized carbons (Fsp3) is 1.00. The van der Waals surface area contributed by atoms with Gasteiger partial charge < -0.3 is 0 Å². The molecule has 0 spiro atoms. The van der Waals surface area contributed by atoms with Crippen molar-refractivity contribution < 1.29 is 13.6 Å². The van der Waals surface area contributed by atoms with Gasteiger partial charge in [0.25, 0.3) is 0 Å². The second kappa shape index (κ2) is 9.86. The van der Waals surface area contributed by atoms with Crippen molar-refractivity contribution in [3.05, 3.63) is 0 Å². The van der Waals surface area contributed by atoms with Gasteiger partial charge in [0, 0.05) is 20.3 Å². The second-order valence-electron chi connectivity index (χ2n) is 3.41. The van der Waals surface area contributed by atoms with Crippen LogP contribution in [0.4, 0.5) is 0 Å². The molecule has 2 unspecified atom stereocenters. The molecule has 0 heterocycles. The van der Waals surface area contributed by atoms with Gasteiger partial charge in [0.15, 0.2) is 0 Å². The molecule has 0 bridgehead atoms. The van der Waals surface area contributed by atoms with Crippen LogP contribution in [0.3, 0.4) is 0 Å². The molecule has 0 radical (unpaired) electrons. The SMILES string of the molecule is CN(C)P(=O)(OCC(Br)CBr)OCC(Br)CBr. The van der Waals surface area contributed by atoms with Crippen molar-refractivity contribution in [2.24, 2.45) is 0 Å². The summed E-state index contributed by atoms with van der Waals surface area (Å²) in [4.78, 5) is 0.214. The van der Waals surface area contributed by atoms with Crippen LogP contribution in [0.2, 0.25) is 0 Å². The summed E-state index contributed by atoms with van der Waals surface area (Å²) < 4.78 is 24.6. The molecule has 0 aliphatic heterocycles. The van der Waals surface area contributed by atoms with Crippen molar-refractivity contribution in [2.45, 2.75) is 9.65 Å². The normalized spacial score (nSPS) is 19.0. The third-order valence-corrected chi connectivity index (χ3v) is 8.07. The first-order valence-electron chi connectivity index (χ1n) is 4.82. The third kappa shape index (κ3) is 8.02. The molecule has 4 nitrogen and oxygen atoms in total. The number of rotatable bonds is 9. The molecule has 0 aromatic rings. The molecule has 17 heavy (non-hydrogen) atoms. The van der Waals surface area contributed by atoms with Crippen LogP contribution in [-0.2, 0) is 13.6 Å². The lowest BCUT2D eigenvalue weighted by Gasteiger charge is -2.25. The highest BCUT2D eigenvalue weighted by Crippen LogP contribution is 2.50. The van der Waals surface area contributed by atoms with Gasteiger partial charge in [-0.3, -0.25) is 9.05 Å². The summed E-state index contributed by atoms with van der Waals surface area (Å²) in [5.74, 6) is 0. The Morgan fingerprint density at radius 1 is 1.06 bits per heavy atom. The van der Waals surface area contributed by atoms with Crippen LogP contribution in [0.15, 0.2) is 0 Å². The molecule has 0 amide bonds. The van der Waals surface area contributed by atoms with Gasteiger partial charge >= 0.3 is 7.75 Å². The minimum Gasteiger partial charge on any atom is -0.295 e. The highest BCUT2D eigenvalue weighted by molar-refractivity contribution is 9.12. The van der Waals surface area contributed by atoms with E-state index in [9.17, 15) is 4.57 Å². The number of alkyl halides is 4. The van der Waals surface area contributed by atoms with Gasteiger partial charge in [0.1, 0.15) is 0 Å². The molecule has 0 aromatic heterocycles. The van der Waals surface area contributed by atoms with Crippen molar-refractivity contribution in [3.8, 4) is 0 Å². The monoisotopic (exact) mass is 521 g/mol. The van der Waals surface area contributed by atoms with E-state index in [-0.39, 0.29) is 9.65 Å². The van der Waals surface area contributed by atoms with Crippen LogP contribution >= 0.6 is 71.5 Å². The summed E-state index contributed by atoms with van der Waals surface area (Å²) in [7, 11) is 0.158. The molecule has 0 aliphatic rings. The van der Waals surface area contributed by atoms with Gasteiger partial charge in [-0.15, -0.1) is 0 Å². The van der Waals surface area contributed by atoms with Gasteiger partial charge in [0.2, 0.25) is 0 Å². The first-order valence-corrected chi connectivity index (χ1v) is 10.4. The van der Waals surface area contributed by atoms with E-state index in [2.05, 4.69) is 63.7 Å². The van der Waals surface area contributed by atoms with Crippen LogP contribution < -0.4 is 0 Å². The Bertz CT molecular complexity index is 239. The molecule has 0 N–H and O–H groups in total. The lowest BCUT2D eigenvalue weighted by Crippen LogP contribution is -2.20. The lowest BCUT2D eigenvalue weighted by molar-refractivity contribution is 0.176. The molecule has 2 atom stereocenters. The van der Waals surface area contributed by atoms with E-state index >= 15 is 0 Å². The fourth-order valence-electron chi connectivity index (χ4n) is 0.707. The standard InChI is InChI=1S/C8H16Br4NO3P/c1-13(2)17(14,15-5-7(11)3-9)16-6-8(12)4-10/h7-8H,3-6H2,1-2H3. The predicted octanol–water partition coefficient (Wildman–Crippen LogP) is 4.01. The zero-order valence-corrected chi connectivity index (χ0v) is 16.9. The Balaban J connectivity index is 4.31. The lowest BCUT2D eigenvalue weighted by atomic mass is 10.5. The van der Waals surface area contributed by atoms with Crippen LogP contribution in [0.5, 0.6) is 0 Å². The maximum Gasteiger partial charge on any atom is 0.407 e. The molecule has 0 saturated heterocycles. The minimum atomic E-state index is -3.19. The van der Waals surface area contributed by atoms with Gasteiger partial charge in [-0.2, -0.15) is 0 Å². The molecule has 9 heteroatoms. The van der Waals surface area contributed by atoms with Crippen molar-refractivity contribution >= 4 is 71.5 Å². The van der Waals surface area contributed by atoms with Crippen LogP contribution in [-0.4, -0.2) is 52.3 Å². The van der Waals surface area contributed by atoms with Gasteiger partial charge in [-0.05, 0) is 14.1 Å². The third-order valence-electron chi connectivity index (χ3n) is 1.66. The zero-order valence-electron chi connectivity index (χ0n) is 9.61. The number of nitrogens with zero attached hydrogens (tertiary/aromatic N) is 1. The summed E-state index contributed by atoms with van der Waals surface area (Å²) in [5, 5.41) is 1.45. The van der Waals surface area contributed by atoms with Crippen LogP contribution in [0.1, 0.15) is 0 Å². The van der Waals surface area contributed by atoms with Gasteiger partial charge in [-0.1, -0.05) is 63.7 Å². The highest BCUT2D eigenvalue weighted by Gasteiger charge is 2.29. The average Bonchev–Trinajstić information content (AvgIpc) is 2.32. The molecule has 0 rings (SSSR count). The first kappa shape index (κ1) is 19.0. The largest absolute Gasteiger partial charge is 0.407 e. The predicted molar refractivity (Wildman–Crippen MR) is 86.2 cm³/mol. The number of hydrogen-bond acceptors (Lipinski definition) is 3. The summed E-state index contributed by atoms with van der Waals surface area (Å²) >= 11 is 13.4. The average molecular weight is 525 g/mol. The van der Waals surface area contributed by atoms with Crippen molar-refractivity contribution in [3.63, 3.8) is 0 Å². The molecule has 0 aromatic carbocycles. The Kier molecular flexibility index (Phi) is 11.0. The van der Waals surface area contributed by atoms with E-state index < -0.39 is 7.75 Å². The second-order valence-corrected chi connectivity index (χ2v) is 9.55. The van der Waals surface area contributed by atoms with Gasteiger partial charge in [0.05, 0.1) is 13.2 Å². The van der Waals surface area contributed by atoms with Crippen LogP contribution in [0.25, 0.3) is 0 Å². The highest BCUT2D eigenvalue weighted by atomic mass is 79.9. The molecule has 0 saturated carbocycles. The van der Waals surface area contributed by atoms with E-state index in [1.165, 1.54) is 4.67 Å². The van der Waals surface area contributed by atoms with E-state index in [0.29, 0.717) is 13.2 Å². The molecular weight excluding hydrogens is 509 g/mol. The van der Waals surface area contributed by atoms with Crippen molar-refractivity contribution in [2.75, 3.05) is 38.0 Å². The summed E-state index contributed by atoms with van der Waals surface area (Å²) in [5.41, 5.74) is 0. The van der Waals surface area contributed by atoms with Crippen molar-refractivity contribution in [1.82, 2.24) is 4.67 Å². The Labute approximate surface area is 136 Å². The summed E-state index contributed by atoms with van der Waals surface area (Å²) in [6, 6.07) is 0. The first-order chi connectivity index (χ1) is 7.85. The Hall–Kier alpha value is 2.03. The molecule has 0 aliphatic carbocycles. The van der Waals surface area contributed by atoms with E-state index in [1.807, 2.05) is 0 Å². The van der Waals surface area contributed by atoms with E-state index in [4.69, 9.17) is 9.05 Å². The molecule has 104 valence electrons. The van der Waals surface area contributed by atoms with Crippen LogP contribution in [0, 0.1) is 0 Å². The number of halogens is 4. The molecule has 0 fully saturated rings. The molecular formula is C8H16Br4NO3P. The van der Waals surface area contributed by atoms with Crippen molar-refractivity contribution in [1.29, 1.82) is 0 Å². The summed E-state index contributed by atoms with van der Waals surface area (Å²) in [6.07, 6.45) is 0. The maximum absolute atomic E-state index is 12.4. The van der Waals surface area contributed by atoms with E-state index in [0.717, 1.165) is 10.7 Å². The maximum atomic E-state index is 12.4.